The molecule has 24 heavy (non-hydrogen) atoms. The smallest absolute Gasteiger partial charge is 0.166 e. The van der Waals surface area contributed by atoms with Crippen LogP contribution in [0.4, 0.5) is 0 Å². The molecule has 4 heteroatoms. The van der Waals surface area contributed by atoms with Gasteiger partial charge in [0.25, 0.3) is 0 Å². The molecular formula is C20H25N3S. The maximum Gasteiger partial charge on any atom is 0.166 e. The molecule has 2 aromatic carbocycles. The van der Waals surface area contributed by atoms with Gasteiger partial charge >= 0.3 is 0 Å². The third kappa shape index (κ3) is 4.13. The Bertz CT molecular complexity index is 605. The zero-order valence-corrected chi connectivity index (χ0v) is 14.9. The molecule has 2 aromatic rings. The first-order valence-electron chi connectivity index (χ1n) is 8.65. The molecule has 3 rings (SSSR count). The SMILES string of the molecule is CCNC(=S)N[C@@H]1CN[C@H](C(c2ccccc2)c2ccccc2)C1. The molecule has 0 amide bonds. The van der Waals surface area contributed by atoms with E-state index in [1.54, 1.807) is 0 Å². The second-order valence-corrected chi connectivity index (χ2v) is 6.66. The molecule has 126 valence electrons. The van der Waals surface area contributed by atoms with Crippen molar-refractivity contribution in [1.29, 1.82) is 0 Å². The average Bonchev–Trinajstić information content (AvgIpc) is 3.05. The Morgan fingerprint density at radius 3 is 2.21 bits per heavy atom. The molecule has 1 heterocycles. The van der Waals surface area contributed by atoms with Crippen LogP contribution in [0, 0.1) is 0 Å². The fraction of sp³-hybridized carbons (Fsp3) is 0.350. The Morgan fingerprint density at radius 1 is 1.08 bits per heavy atom. The van der Waals surface area contributed by atoms with Gasteiger partial charge in [0.1, 0.15) is 0 Å². The van der Waals surface area contributed by atoms with Crippen molar-refractivity contribution < 1.29 is 0 Å². The van der Waals surface area contributed by atoms with E-state index < -0.39 is 0 Å². The first-order valence-corrected chi connectivity index (χ1v) is 9.06. The van der Waals surface area contributed by atoms with Gasteiger partial charge in [0.05, 0.1) is 0 Å². The zero-order valence-electron chi connectivity index (χ0n) is 14.0. The van der Waals surface area contributed by atoms with Crippen LogP contribution in [0.5, 0.6) is 0 Å². The second-order valence-electron chi connectivity index (χ2n) is 6.25. The fourth-order valence-corrected chi connectivity index (χ4v) is 3.82. The maximum absolute atomic E-state index is 5.33. The lowest BCUT2D eigenvalue weighted by Crippen LogP contribution is -2.42. The minimum Gasteiger partial charge on any atom is -0.363 e. The van der Waals surface area contributed by atoms with E-state index in [0.717, 1.165) is 24.6 Å². The number of nitrogens with one attached hydrogen (secondary N) is 3. The molecule has 1 aliphatic rings. The highest BCUT2D eigenvalue weighted by Crippen LogP contribution is 2.32. The van der Waals surface area contributed by atoms with Crippen LogP contribution >= 0.6 is 12.2 Å². The van der Waals surface area contributed by atoms with Crippen molar-refractivity contribution >= 4 is 17.3 Å². The number of hydrogen-bond donors (Lipinski definition) is 3. The third-order valence-electron chi connectivity index (χ3n) is 4.56. The Hall–Kier alpha value is -1.91. The summed E-state index contributed by atoms with van der Waals surface area (Å²) in [6.45, 7) is 3.85. The third-order valence-corrected chi connectivity index (χ3v) is 4.82. The van der Waals surface area contributed by atoms with Crippen LogP contribution in [-0.4, -0.2) is 30.3 Å². The number of rotatable bonds is 5. The minimum atomic E-state index is 0.354. The van der Waals surface area contributed by atoms with E-state index in [9.17, 15) is 0 Å². The van der Waals surface area contributed by atoms with Crippen molar-refractivity contribution in [1.82, 2.24) is 16.0 Å². The molecule has 3 nitrogen and oxygen atoms in total. The monoisotopic (exact) mass is 339 g/mol. The molecule has 0 aliphatic carbocycles. The van der Waals surface area contributed by atoms with E-state index in [-0.39, 0.29) is 0 Å². The topological polar surface area (TPSA) is 36.1 Å². The molecule has 1 fully saturated rings. The fourth-order valence-electron chi connectivity index (χ4n) is 3.51. The van der Waals surface area contributed by atoms with E-state index in [1.807, 2.05) is 0 Å². The van der Waals surface area contributed by atoms with Crippen molar-refractivity contribution in [2.24, 2.45) is 0 Å². The van der Waals surface area contributed by atoms with Gasteiger partial charge in [-0.2, -0.15) is 0 Å². The van der Waals surface area contributed by atoms with E-state index in [0.29, 0.717) is 18.0 Å². The molecule has 3 N–H and O–H groups in total. The highest BCUT2D eigenvalue weighted by molar-refractivity contribution is 7.80. The Labute approximate surface area is 149 Å². The lowest BCUT2D eigenvalue weighted by molar-refractivity contribution is 0.530. The lowest BCUT2D eigenvalue weighted by Gasteiger charge is -2.25. The largest absolute Gasteiger partial charge is 0.363 e. The van der Waals surface area contributed by atoms with Gasteiger partial charge in [-0.15, -0.1) is 0 Å². The van der Waals surface area contributed by atoms with Gasteiger partial charge in [0.2, 0.25) is 0 Å². The molecule has 0 radical (unpaired) electrons. The van der Waals surface area contributed by atoms with Crippen molar-refractivity contribution in [3.63, 3.8) is 0 Å². The summed E-state index contributed by atoms with van der Waals surface area (Å²) in [4.78, 5) is 0. The number of thiocarbonyl (C=S) groups is 1. The molecule has 1 aliphatic heterocycles. The van der Waals surface area contributed by atoms with Gasteiger partial charge < -0.3 is 16.0 Å². The van der Waals surface area contributed by atoms with Gasteiger partial charge in [-0.25, -0.2) is 0 Å². The van der Waals surface area contributed by atoms with E-state index >= 15 is 0 Å². The van der Waals surface area contributed by atoms with Gasteiger partial charge in [0, 0.05) is 31.1 Å². The number of benzene rings is 2. The summed E-state index contributed by atoms with van der Waals surface area (Å²) in [7, 11) is 0. The summed E-state index contributed by atoms with van der Waals surface area (Å²) < 4.78 is 0. The molecule has 0 bridgehead atoms. The van der Waals surface area contributed by atoms with E-state index in [2.05, 4.69) is 83.5 Å². The van der Waals surface area contributed by atoms with Gasteiger partial charge in [-0.05, 0) is 36.7 Å². The van der Waals surface area contributed by atoms with Crippen LogP contribution in [0.2, 0.25) is 0 Å². The molecule has 0 aromatic heterocycles. The summed E-state index contributed by atoms with van der Waals surface area (Å²) >= 11 is 5.33. The van der Waals surface area contributed by atoms with Gasteiger partial charge in [-0.1, -0.05) is 60.7 Å². The van der Waals surface area contributed by atoms with Crippen molar-refractivity contribution in [3.05, 3.63) is 71.8 Å². The quantitative estimate of drug-likeness (QED) is 0.732. The van der Waals surface area contributed by atoms with Crippen molar-refractivity contribution in [2.75, 3.05) is 13.1 Å². The van der Waals surface area contributed by atoms with Crippen LogP contribution in [0.3, 0.4) is 0 Å². The standard InChI is InChI=1S/C20H25N3S/c1-2-21-20(24)23-17-13-18(22-14-17)19(15-9-5-3-6-10-15)16-11-7-4-8-12-16/h3-12,17-19,22H,2,13-14H2,1H3,(H2,21,23,24)/t17-,18-/m0/s1. The lowest BCUT2D eigenvalue weighted by atomic mass is 9.84. The zero-order chi connectivity index (χ0) is 16.8. The highest BCUT2D eigenvalue weighted by Gasteiger charge is 2.32. The Kier molecular flexibility index (Phi) is 5.83. The molecule has 2 atom stereocenters. The summed E-state index contributed by atoms with van der Waals surface area (Å²) in [5, 5.41) is 11.0. The van der Waals surface area contributed by atoms with Crippen LogP contribution in [0.15, 0.2) is 60.7 Å². The highest BCUT2D eigenvalue weighted by atomic mass is 32.1. The first-order chi connectivity index (χ1) is 11.8. The van der Waals surface area contributed by atoms with Crippen molar-refractivity contribution in [3.8, 4) is 0 Å². The van der Waals surface area contributed by atoms with Crippen LogP contribution in [-0.2, 0) is 0 Å². The van der Waals surface area contributed by atoms with E-state index in [1.165, 1.54) is 11.1 Å². The molecular weight excluding hydrogens is 314 g/mol. The normalized spacial score (nSPS) is 20.1. The first kappa shape index (κ1) is 16.9. The molecule has 0 unspecified atom stereocenters. The predicted molar refractivity (Wildman–Crippen MR) is 104 cm³/mol. The van der Waals surface area contributed by atoms with Crippen LogP contribution < -0.4 is 16.0 Å². The predicted octanol–water partition coefficient (Wildman–Crippen LogP) is 3.03. The van der Waals surface area contributed by atoms with Crippen molar-refractivity contribution in [2.45, 2.75) is 31.3 Å². The maximum atomic E-state index is 5.33. The Balaban J connectivity index is 1.77. The van der Waals surface area contributed by atoms with Crippen LogP contribution in [0.1, 0.15) is 30.4 Å². The summed E-state index contributed by atoms with van der Waals surface area (Å²) in [6, 6.07) is 22.3. The van der Waals surface area contributed by atoms with Crippen LogP contribution in [0.25, 0.3) is 0 Å². The molecule has 1 saturated heterocycles. The van der Waals surface area contributed by atoms with Gasteiger partial charge in [0.15, 0.2) is 5.11 Å². The average molecular weight is 340 g/mol. The summed E-state index contributed by atoms with van der Waals surface area (Å²) in [6.07, 6.45) is 1.06. The summed E-state index contributed by atoms with van der Waals surface area (Å²) in [5.41, 5.74) is 2.72. The minimum absolute atomic E-state index is 0.354. The summed E-state index contributed by atoms with van der Waals surface area (Å²) in [5.74, 6) is 0.354. The van der Waals surface area contributed by atoms with Gasteiger partial charge in [-0.3, -0.25) is 0 Å². The molecule has 0 saturated carbocycles. The number of hydrogen-bond acceptors (Lipinski definition) is 2. The Morgan fingerprint density at radius 2 is 1.67 bits per heavy atom. The van der Waals surface area contributed by atoms with E-state index in [4.69, 9.17) is 12.2 Å². The second kappa shape index (κ2) is 8.27. The molecule has 0 spiro atoms.